The maximum absolute atomic E-state index is 12.8. The molecule has 2 fully saturated rings. The normalized spacial score (nSPS) is 21.8. The van der Waals surface area contributed by atoms with E-state index in [1.54, 1.807) is 0 Å². The number of alkyl halides is 3. The quantitative estimate of drug-likeness (QED) is 0.859. The smallest absolute Gasteiger partial charge is 0.356 e. The summed E-state index contributed by atoms with van der Waals surface area (Å²) in [6, 6.07) is 1.35. The van der Waals surface area contributed by atoms with Crippen LogP contribution in [0.25, 0.3) is 0 Å². The molecular formula is C11H11ClF3N3. The molecule has 0 saturated heterocycles. The van der Waals surface area contributed by atoms with Gasteiger partial charge < -0.3 is 5.32 Å². The Bertz CT molecular complexity index is 481. The zero-order valence-corrected chi connectivity index (χ0v) is 10.1. The van der Waals surface area contributed by atoms with E-state index in [2.05, 4.69) is 15.3 Å². The number of anilines is 1. The molecule has 0 aromatic carbocycles. The van der Waals surface area contributed by atoms with E-state index >= 15 is 0 Å². The van der Waals surface area contributed by atoms with Gasteiger partial charge in [-0.1, -0.05) is 11.6 Å². The Morgan fingerprint density at radius 1 is 1.28 bits per heavy atom. The van der Waals surface area contributed by atoms with Crippen molar-refractivity contribution in [2.75, 3.05) is 5.32 Å². The van der Waals surface area contributed by atoms with Crippen LogP contribution >= 0.6 is 11.6 Å². The lowest BCUT2D eigenvalue weighted by molar-refractivity contribution is -0.151. The average molecular weight is 278 g/mol. The summed E-state index contributed by atoms with van der Waals surface area (Å²) in [5.74, 6) is 0.972. The van der Waals surface area contributed by atoms with Crippen LogP contribution in [0.2, 0.25) is 5.15 Å². The molecular weight excluding hydrogens is 267 g/mol. The Kier molecular flexibility index (Phi) is 2.49. The second-order valence-electron chi connectivity index (χ2n) is 4.91. The van der Waals surface area contributed by atoms with Crippen molar-refractivity contribution in [2.45, 2.75) is 43.3 Å². The van der Waals surface area contributed by atoms with Crippen LogP contribution in [0.4, 0.5) is 19.0 Å². The highest BCUT2D eigenvalue weighted by Gasteiger charge is 2.63. The molecule has 2 aliphatic rings. The number of nitrogens with zero attached hydrogens (tertiary/aromatic N) is 2. The third kappa shape index (κ3) is 2.13. The zero-order chi connectivity index (χ0) is 13.0. The number of nitrogens with one attached hydrogen (secondary N) is 1. The van der Waals surface area contributed by atoms with Gasteiger partial charge in [0, 0.05) is 12.0 Å². The minimum absolute atomic E-state index is 0.0802. The predicted octanol–water partition coefficient (Wildman–Crippen LogP) is 3.51. The van der Waals surface area contributed by atoms with Crippen LogP contribution in [0.5, 0.6) is 0 Å². The van der Waals surface area contributed by atoms with Gasteiger partial charge in [0.05, 0.1) is 0 Å². The van der Waals surface area contributed by atoms with Gasteiger partial charge in [-0.3, -0.25) is 0 Å². The van der Waals surface area contributed by atoms with Gasteiger partial charge in [0.25, 0.3) is 0 Å². The van der Waals surface area contributed by atoms with E-state index in [1.807, 2.05) is 0 Å². The molecule has 0 bridgehead atoms. The highest BCUT2D eigenvalue weighted by molar-refractivity contribution is 6.29. The zero-order valence-electron chi connectivity index (χ0n) is 9.39. The maximum Gasteiger partial charge on any atom is 0.411 e. The Balaban J connectivity index is 1.84. The largest absolute Gasteiger partial charge is 0.411 e. The molecule has 18 heavy (non-hydrogen) atoms. The molecule has 3 rings (SSSR count). The van der Waals surface area contributed by atoms with E-state index in [9.17, 15) is 13.2 Å². The molecule has 1 aromatic rings. The molecule has 2 saturated carbocycles. The third-order valence-electron chi connectivity index (χ3n) is 3.31. The summed E-state index contributed by atoms with van der Waals surface area (Å²) >= 11 is 5.81. The Hall–Kier alpha value is -1.04. The lowest BCUT2D eigenvalue weighted by atomic mass is 10.2. The van der Waals surface area contributed by atoms with Crippen molar-refractivity contribution in [2.24, 2.45) is 0 Å². The molecule has 0 radical (unpaired) electrons. The summed E-state index contributed by atoms with van der Waals surface area (Å²) in [6.45, 7) is 0. The fraction of sp³-hybridized carbons (Fsp3) is 0.636. The standard InChI is InChI=1S/C11H11ClF3N3/c12-7-5-8(17-9(16-7)6-1-2-6)18-10(3-4-10)11(13,14)15/h5-6H,1-4H2,(H,16,17,18). The first-order chi connectivity index (χ1) is 8.40. The SMILES string of the molecule is FC(F)(F)C1(Nc2cc(Cl)nc(C3CC3)n2)CC1. The molecule has 1 aromatic heterocycles. The van der Waals surface area contributed by atoms with Gasteiger partial charge in [-0.05, 0) is 25.7 Å². The summed E-state index contributed by atoms with van der Waals surface area (Å²) in [7, 11) is 0. The van der Waals surface area contributed by atoms with Crippen LogP contribution in [0, 0.1) is 0 Å². The Labute approximate surface area is 107 Å². The molecule has 1 N–H and O–H groups in total. The summed E-state index contributed by atoms with van der Waals surface area (Å²) < 4.78 is 38.4. The van der Waals surface area contributed by atoms with E-state index in [0.717, 1.165) is 12.8 Å². The number of hydrogen-bond donors (Lipinski definition) is 1. The predicted molar refractivity (Wildman–Crippen MR) is 60.7 cm³/mol. The molecule has 3 nitrogen and oxygen atoms in total. The maximum atomic E-state index is 12.8. The highest BCUT2D eigenvalue weighted by Crippen LogP contribution is 2.51. The number of halogens is 4. The highest BCUT2D eigenvalue weighted by atomic mass is 35.5. The first-order valence-electron chi connectivity index (χ1n) is 5.79. The minimum Gasteiger partial charge on any atom is -0.356 e. The average Bonchev–Trinajstić information content (AvgIpc) is 3.11. The van der Waals surface area contributed by atoms with Gasteiger partial charge in [0.2, 0.25) is 0 Å². The van der Waals surface area contributed by atoms with E-state index in [4.69, 9.17) is 11.6 Å². The van der Waals surface area contributed by atoms with E-state index in [0.29, 0.717) is 5.82 Å². The fourth-order valence-electron chi connectivity index (χ4n) is 1.87. The van der Waals surface area contributed by atoms with Crippen LogP contribution in [0.1, 0.15) is 37.4 Å². The van der Waals surface area contributed by atoms with Gasteiger partial charge in [-0.2, -0.15) is 13.2 Å². The van der Waals surface area contributed by atoms with Crippen molar-refractivity contribution in [1.29, 1.82) is 0 Å². The van der Waals surface area contributed by atoms with E-state index < -0.39 is 11.7 Å². The lowest BCUT2D eigenvalue weighted by Gasteiger charge is -2.21. The number of hydrogen-bond acceptors (Lipinski definition) is 3. The van der Waals surface area contributed by atoms with Gasteiger partial charge in [0.15, 0.2) is 0 Å². The molecule has 7 heteroatoms. The lowest BCUT2D eigenvalue weighted by Crippen LogP contribution is -2.39. The summed E-state index contributed by atoms with van der Waals surface area (Å²) in [5, 5.41) is 2.66. The van der Waals surface area contributed by atoms with Gasteiger partial charge in [-0.25, -0.2) is 9.97 Å². The molecule has 0 aliphatic heterocycles. The van der Waals surface area contributed by atoms with Crippen molar-refractivity contribution >= 4 is 17.4 Å². The Morgan fingerprint density at radius 2 is 1.94 bits per heavy atom. The topological polar surface area (TPSA) is 37.8 Å². The molecule has 0 amide bonds. The van der Waals surface area contributed by atoms with Crippen molar-refractivity contribution in [3.8, 4) is 0 Å². The summed E-state index contributed by atoms with van der Waals surface area (Å²) in [4.78, 5) is 8.17. The van der Waals surface area contributed by atoms with E-state index in [-0.39, 0.29) is 29.7 Å². The van der Waals surface area contributed by atoms with Crippen molar-refractivity contribution in [1.82, 2.24) is 9.97 Å². The third-order valence-corrected chi connectivity index (χ3v) is 3.51. The molecule has 1 heterocycles. The minimum atomic E-state index is -4.26. The Morgan fingerprint density at radius 3 is 2.44 bits per heavy atom. The van der Waals surface area contributed by atoms with Gasteiger partial charge in [0.1, 0.15) is 22.3 Å². The first kappa shape index (κ1) is 12.0. The second kappa shape index (κ2) is 3.73. The van der Waals surface area contributed by atoms with Crippen molar-refractivity contribution in [3.63, 3.8) is 0 Å². The monoisotopic (exact) mass is 277 g/mol. The molecule has 2 aliphatic carbocycles. The van der Waals surface area contributed by atoms with Crippen molar-refractivity contribution in [3.05, 3.63) is 17.0 Å². The molecule has 98 valence electrons. The summed E-state index contributed by atoms with van der Waals surface area (Å²) in [5.41, 5.74) is -1.81. The molecule has 0 spiro atoms. The van der Waals surface area contributed by atoms with Crippen LogP contribution in [-0.4, -0.2) is 21.7 Å². The van der Waals surface area contributed by atoms with Crippen LogP contribution in [0.3, 0.4) is 0 Å². The molecule has 0 atom stereocenters. The van der Waals surface area contributed by atoms with Gasteiger partial charge >= 0.3 is 6.18 Å². The van der Waals surface area contributed by atoms with Crippen LogP contribution in [0.15, 0.2) is 6.07 Å². The first-order valence-corrected chi connectivity index (χ1v) is 6.17. The van der Waals surface area contributed by atoms with E-state index in [1.165, 1.54) is 6.07 Å². The van der Waals surface area contributed by atoms with Crippen LogP contribution in [-0.2, 0) is 0 Å². The summed E-state index contributed by atoms with van der Waals surface area (Å²) in [6.07, 6.45) is -2.15. The molecule has 0 unspecified atom stereocenters. The number of aromatic nitrogens is 2. The second-order valence-corrected chi connectivity index (χ2v) is 5.30. The van der Waals surface area contributed by atoms with Crippen molar-refractivity contribution < 1.29 is 13.2 Å². The van der Waals surface area contributed by atoms with Gasteiger partial charge in [-0.15, -0.1) is 0 Å². The van der Waals surface area contributed by atoms with Crippen LogP contribution < -0.4 is 5.32 Å². The number of rotatable bonds is 3. The fourth-order valence-corrected chi connectivity index (χ4v) is 2.06.